The molecular weight excluding hydrogens is 522 g/mol. The molecule has 2 N–H and O–H groups in total. The van der Waals surface area contributed by atoms with E-state index in [1.807, 2.05) is 11.8 Å². The van der Waals surface area contributed by atoms with Gasteiger partial charge in [0, 0.05) is 43.5 Å². The number of esters is 2. The average Bonchev–Trinajstić information content (AvgIpc) is 3.19. The number of aliphatic hydroxyl groups is 1. The van der Waals surface area contributed by atoms with Gasteiger partial charge in [0.1, 0.15) is 12.7 Å². The molecule has 0 radical (unpaired) electrons. The molecule has 0 amide bonds. The molecule has 3 fully saturated rings. The van der Waals surface area contributed by atoms with Gasteiger partial charge in [0.25, 0.3) is 0 Å². The Morgan fingerprint density at radius 1 is 1.10 bits per heavy atom. The number of piperidine rings is 1. The van der Waals surface area contributed by atoms with E-state index in [9.17, 15) is 34.2 Å². The fraction of sp³-hybridized carbons (Fsp3) is 0.690. The number of ether oxygens (including phenoxy) is 3. The molecule has 0 bridgehead atoms. The van der Waals surface area contributed by atoms with Crippen LogP contribution < -0.4 is 0 Å². The van der Waals surface area contributed by atoms with Crippen molar-refractivity contribution in [3.63, 3.8) is 0 Å². The van der Waals surface area contributed by atoms with Gasteiger partial charge in [-0.2, -0.15) is 0 Å². The van der Waals surface area contributed by atoms with Crippen molar-refractivity contribution in [3.05, 3.63) is 22.4 Å². The summed E-state index contributed by atoms with van der Waals surface area (Å²) >= 11 is 0. The zero-order valence-electron chi connectivity index (χ0n) is 23.4. The summed E-state index contributed by atoms with van der Waals surface area (Å²) in [7, 11) is 1.45. The zero-order valence-corrected chi connectivity index (χ0v) is 23.4. The number of methoxy groups -OCH3 is 1. The van der Waals surface area contributed by atoms with Gasteiger partial charge in [-0.05, 0) is 43.6 Å². The van der Waals surface area contributed by atoms with Crippen LogP contribution in [0.4, 0.5) is 0 Å². The Balaban J connectivity index is 1.67. The first-order chi connectivity index (χ1) is 18.8. The van der Waals surface area contributed by atoms with Crippen LogP contribution in [-0.2, 0) is 38.2 Å². The van der Waals surface area contributed by atoms with Gasteiger partial charge in [-0.1, -0.05) is 13.8 Å². The third-order valence-electron chi connectivity index (χ3n) is 9.99. The normalized spacial score (nSPS) is 37.4. The molecule has 2 saturated heterocycles. The van der Waals surface area contributed by atoms with E-state index >= 15 is 0 Å². The van der Waals surface area contributed by atoms with Crippen LogP contribution >= 0.6 is 0 Å². The van der Waals surface area contributed by atoms with E-state index in [1.54, 1.807) is 6.92 Å². The van der Waals surface area contributed by atoms with Crippen molar-refractivity contribution in [1.29, 1.82) is 0 Å². The second-order valence-electron chi connectivity index (χ2n) is 12.3. The maximum Gasteiger partial charge on any atom is 0.336 e. The Hall–Kier alpha value is -3.05. The van der Waals surface area contributed by atoms with Gasteiger partial charge in [0.15, 0.2) is 0 Å². The number of hydrogen-bond donors (Lipinski definition) is 2. The Morgan fingerprint density at radius 2 is 1.77 bits per heavy atom. The summed E-state index contributed by atoms with van der Waals surface area (Å²) in [5.74, 6) is -5.69. The fourth-order valence-corrected chi connectivity index (χ4v) is 7.98. The Bertz CT molecular complexity index is 1230. The van der Waals surface area contributed by atoms with Gasteiger partial charge < -0.3 is 29.3 Å². The van der Waals surface area contributed by atoms with E-state index in [1.165, 1.54) is 14.0 Å². The Labute approximate surface area is 232 Å². The molecule has 0 aromatic rings. The number of hydrogen-bond acceptors (Lipinski definition) is 10. The minimum Gasteiger partial charge on any atom is -0.481 e. The molecule has 6 atom stereocenters. The maximum absolute atomic E-state index is 14.1. The minimum absolute atomic E-state index is 0.0376. The lowest BCUT2D eigenvalue weighted by Gasteiger charge is -2.54. The molecule has 5 rings (SSSR count). The zero-order chi connectivity index (χ0) is 29.1. The molecule has 3 aliphatic carbocycles. The number of fused-ring (bicyclic) bond motifs is 4. The van der Waals surface area contributed by atoms with Gasteiger partial charge >= 0.3 is 17.9 Å². The Kier molecular flexibility index (Phi) is 7.19. The first-order valence-corrected chi connectivity index (χ1v) is 13.9. The molecule has 2 aliphatic heterocycles. The van der Waals surface area contributed by atoms with E-state index in [4.69, 9.17) is 14.2 Å². The van der Waals surface area contributed by atoms with Crippen molar-refractivity contribution >= 4 is 29.5 Å². The summed E-state index contributed by atoms with van der Waals surface area (Å²) < 4.78 is 16.9. The van der Waals surface area contributed by atoms with Gasteiger partial charge in [-0.25, -0.2) is 4.79 Å². The standard InChI is InChI=1S/C29H37NO10/c1-14(31)40-18-11-28(2)16(5-6-19(28)32)20-22(18)29(3)13-39-27(37)21(23(29)25(34)24(20)33)17(12-38-4)30-9-7-15(8-10-30)26(35)36/h15-16,18-19,23,32H,5-13H2,1-4H3,(H,35,36). The van der Waals surface area contributed by atoms with Gasteiger partial charge in [0.2, 0.25) is 11.6 Å². The highest BCUT2D eigenvalue weighted by atomic mass is 16.5. The summed E-state index contributed by atoms with van der Waals surface area (Å²) in [6, 6.07) is 0. The van der Waals surface area contributed by atoms with Crippen LogP contribution in [0.25, 0.3) is 0 Å². The predicted molar refractivity (Wildman–Crippen MR) is 137 cm³/mol. The van der Waals surface area contributed by atoms with E-state index in [0.29, 0.717) is 50.0 Å². The summed E-state index contributed by atoms with van der Waals surface area (Å²) in [6.07, 6.45) is 0.358. The lowest BCUT2D eigenvalue weighted by Crippen LogP contribution is -2.59. The number of nitrogens with zero attached hydrogens (tertiary/aromatic N) is 1. The highest BCUT2D eigenvalue weighted by Gasteiger charge is 2.65. The third-order valence-corrected chi connectivity index (χ3v) is 9.99. The van der Waals surface area contributed by atoms with Crippen LogP contribution in [0.3, 0.4) is 0 Å². The van der Waals surface area contributed by atoms with Crippen molar-refractivity contribution in [2.45, 2.75) is 65.1 Å². The van der Waals surface area contributed by atoms with Crippen molar-refractivity contribution < 1.29 is 48.4 Å². The van der Waals surface area contributed by atoms with Crippen molar-refractivity contribution in [2.75, 3.05) is 33.4 Å². The number of cyclic esters (lactones) is 1. The monoisotopic (exact) mass is 559 g/mol. The number of aliphatic hydroxyl groups excluding tert-OH is 1. The van der Waals surface area contributed by atoms with E-state index in [2.05, 4.69) is 0 Å². The number of carboxylic acids is 1. The van der Waals surface area contributed by atoms with Crippen LogP contribution in [0.1, 0.15) is 52.9 Å². The quantitative estimate of drug-likeness (QED) is 0.285. The SMILES string of the molecule is COCC(=C1C(=O)OCC2(C)C3=C(C(=O)C(=O)C12)C1CCC(O)C1(C)CC3OC(C)=O)N1CCC(C(=O)O)CC1. The van der Waals surface area contributed by atoms with E-state index in [0.717, 1.165) is 0 Å². The maximum atomic E-state index is 14.1. The molecule has 218 valence electrons. The van der Waals surface area contributed by atoms with Crippen molar-refractivity contribution in [3.8, 4) is 0 Å². The molecule has 40 heavy (non-hydrogen) atoms. The van der Waals surface area contributed by atoms with E-state index < -0.39 is 70.3 Å². The lowest BCUT2D eigenvalue weighted by molar-refractivity contribution is -0.161. The lowest BCUT2D eigenvalue weighted by atomic mass is 9.51. The number of Topliss-reactive ketones (excluding diaryl/α,β-unsaturated/α-hetero) is 2. The van der Waals surface area contributed by atoms with Gasteiger partial charge in [-0.3, -0.25) is 19.2 Å². The summed E-state index contributed by atoms with van der Waals surface area (Å²) in [4.78, 5) is 67.1. The van der Waals surface area contributed by atoms with Crippen molar-refractivity contribution in [2.24, 2.45) is 28.6 Å². The fourth-order valence-electron chi connectivity index (χ4n) is 7.98. The molecule has 11 heteroatoms. The van der Waals surface area contributed by atoms with Crippen LogP contribution in [0.15, 0.2) is 22.4 Å². The molecule has 0 spiro atoms. The van der Waals surface area contributed by atoms with Gasteiger partial charge in [-0.15, -0.1) is 0 Å². The molecule has 1 saturated carbocycles. The predicted octanol–water partition coefficient (Wildman–Crippen LogP) is 1.42. The van der Waals surface area contributed by atoms with Crippen LogP contribution in [-0.4, -0.2) is 90.2 Å². The molecule has 6 unspecified atom stereocenters. The number of carbonyl (C=O) groups excluding carboxylic acids is 4. The highest BCUT2D eigenvalue weighted by molar-refractivity contribution is 6.47. The number of ketones is 2. The third kappa shape index (κ3) is 4.20. The minimum atomic E-state index is -1.18. The number of aliphatic carboxylic acids is 1. The molecule has 5 aliphatic rings. The highest BCUT2D eigenvalue weighted by Crippen LogP contribution is 2.62. The molecule has 0 aromatic carbocycles. The first-order valence-electron chi connectivity index (χ1n) is 13.9. The summed E-state index contributed by atoms with van der Waals surface area (Å²) in [5, 5.41) is 20.3. The molecule has 2 heterocycles. The van der Waals surface area contributed by atoms with Gasteiger partial charge in [0.05, 0.1) is 35.8 Å². The number of carboxylic acid groups (broad SMARTS) is 1. The molecule has 11 nitrogen and oxygen atoms in total. The summed E-state index contributed by atoms with van der Waals surface area (Å²) in [5.41, 5.74) is -0.697. The largest absolute Gasteiger partial charge is 0.481 e. The molecule has 0 aromatic heterocycles. The topological polar surface area (TPSA) is 157 Å². The second kappa shape index (κ2) is 10.1. The first kappa shape index (κ1) is 28.5. The smallest absolute Gasteiger partial charge is 0.336 e. The number of allylic oxidation sites excluding steroid dienone is 1. The Morgan fingerprint density at radius 3 is 2.38 bits per heavy atom. The number of likely N-dealkylation sites (tertiary alicyclic amines) is 1. The average molecular weight is 560 g/mol. The number of rotatable bonds is 5. The summed E-state index contributed by atoms with van der Waals surface area (Å²) in [6.45, 7) is 5.37. The van der Waals surface area contributed by atoms with Crippen LogP contribution in [0, 0.1) is 28.6 Å². The van der Waals surface area contributed by atoms with Crippen LogP contribution in [0.5, 0.6) is 0 Å². The molecular formula is C29H37NO10. The van der Waals surface area contributed by atoms with Crippen molar-refractivity contribution in [1.82, 2.24) is 4.90 Å². The number of carbonyl (C=O) groups is 5. The van der Waals surface area contributed by atoms with Crippen LogP contribution in [0.2, 0.25) is 0 Å². The van der Waals surface area contributed by atoms with E-state index in [-0.39, 0.29) is 30.8 Å². The second-order valence-corrected chi connectivity index (χ2v) is 12.3.